The number of carbonyl (C=O) groups is 1. The van der Waals surface area contributed by atoms with E-state index in [9.17, 15) is 9.90 Å². The second kappa shape index (κ2) is 5.91. The van der Waals surface area contributed by atoms with Crippen LogP contribution in [0.5, 0.6) is 5.75 Å². The molecule has 0 saturated heterocycles. The van der Waals surface area contributed by atoms with Gasteiger partial charge in [0.25, 0.3) is 0 Å². The van der Waals surface area contributed by atoms with Crippen molar-refractivity contribution in [1.82, 2.24) is 4.90 Å². The summed E-state index contributed by atoms with van der Waals surface area (Å²) in [5, 5.41) is 18.2. The summed E-state index contributed by atoms with van der Waals surface area (Å²) in [5.41, 5.74) is 6.56. The summed E-state index contributed by atoms with van der Waals surface area (Å²) < 4.78 is 0. The van der Waals surface area contributed by atoms with E-state index in [2.05, 4.69) is 0 Å². The lowest BCUT2D eigenvalue weighted by atomic mass is 10.1. The summed E-state index contributed by atoms with van der Waals surface area (Å²) in [7, 11) is 1.59. The van der Waals surface area contributed by atoms with Crippen LogP contribution in [0, 0.1) is 0 Å². The molecule has 0 aliphatic heterocycles. The maximum absolute atomic E-state index is 11.5. The molecule has 0 fully saturated rings. The van der Waals surface area contributed by atoms with E-state index in [1.165, 1.54) is 23.1 Å². The molecule has 1 amide bonds. The first-order valence-electron chi connectivity index (χ1n) is 5.17. The number of nitrogen functional groups attached to an aromatic ring is 1. The van der Waals surface area contributed by atoms with Crippen molar-refractivity contribution in [2.24, 2.45) is 0 Å². The topological polar surface area (TPSA) is 86.8 Å². The Balaban J connectivity index is 2.76. The molecule has 0 aliphatic carbocycles. The number of aliphatic hydroxyl groups is 1. The van der Waals surface area contributed by atoms with Crippen LogP contribution >= 0.6 is 0 Å². The number of carbonyl (C=O) groups excluding carboxylic acids is 1. The van der Waals surface area contributed by atoms with Crippen LogP contribution in [-0.4, -0.2) is 41.2 Å². The third kappa shape index (κ3) is 3.81. The van der Waals surface area contributed by atoms with Gasteiger partial charge in [-0.15, -0.1) is 0 Å². The molecule has 1 aromatic rings. The Hall–Kier alpha value is -2.01. The summed E-state index contributed by atoms with van der Waals surface area (Å²) in [5.74, 6) is -0.186. The van der Waals surface area contributed by atoms with E-state index >= 15 is 0 Å². The summed E-state index contributed by atoms with van der Waals surface area (Å²) in [6.07, 6.45) is 2.81. The van der Waals surface area contributed by atoms with E-state index in [0.29, 0.717) is 11.3 Å². The van der Waals surface area contributed by atoms with Crippen molar-refractivity contribution in [2.75, 3.05) is 25.9 Å². The monoisotopic (exact) mass is 236 g/mol. The molecule has 0 heterocycles. The summed E-state index contributed by atoms with van der Waals surface area (Å²) in [6.45, 7) is 0.186. The van der Waals surface area contributed by atoms with Crippen LogP contribution in [0.25, 0.3) is 6.08 Å². The van der Waals surface area contributed by atoms with Gasteiger partial charge in [0.15, 0.2) is 0 Å². The molecule has 1 aromatic carbocycles. The normalized spacial score (nSPS) is 10.7. The van der Waals surface area contributed by atoms with E-state index in [4.69, 9.17) is 10.8 Å². The van der Waals surface area contributed by atoms with Gasteiger partial charge < -0.3 is 20.8 Å². The summed E-state index contributed by atoms with van der Waals surface area (Å²) >= 11 is 0. The zero-order chi connectivity index (χ0) is 12.8. The van der Waals surface area contributed by atoms with Gasteiger partial charge in [-0.25, -0.2) is 0 Å². The zero-order valence-electron chi connectivity index (χ0n) is 9.63. The number of nitrogens with zero attached hydrogens (tertiary/aromatic N) is 1. The highest BCUT2D eigenvalue weighted by molar-refractivity contribution is 5.92. The highest BCUT2D eigenvalue weighted by Crippen LogP contribution is 2.20. The van der Waals surface area contributed by atoms with E-state index in [0.717, 1.165) is 0 Å². The highest BCUT2D eigenvalue weighted by Gasteiger charge is 2.04. The number of likely N-dealkylation sites (N-methyl/N-ethyl adjacent to an activating group) is 1. The average molecular weight is 236 g/mol. The molecule has 0 saturated carbocycles. The molecule has 0 aromatic heterocycles. The minimum absolute atomic E-state index is 0.0630. The number of aromatic hydroxyl groups is 1. The molecule has 5 heteroatoms. The van der Waals surface area contributed by atoms with Gasteiger partial charge in [-0.1, -0.05) is 0 Å². The summed E-state index contributed by atoms with van der Waals surface area (Å²) in [6, 6.07) is 4.62. The Bertz CT molecular complexity index is 430. The van der Waals surface area contributed by atoms with Crippen LogP contribution in [0.2, 0.25) is 0 Å². The van der Waals surface area contributed by atoms with Gasteiger partial charge in [0.05, 0.1) is 6.61 Å². The van der Waals surface area contributed by atoms with Crippen molar-refractivity contribution in [3.05, 3.63) is 29.8 Å². The first-order chi connectivity index (χ1) is 8.04. The van der Waals surface area contributed by atoms with Crippen molar-refractivity contribution in [3.63, 3.8) is 0 Å². The van der Waals surface area contributed by atoms with Crippen molar-refractivity contribution in [1.29, 1.82) is 0 Å². The number of nitrogens with two attached hydrogens (primary N) is 1. The maximum Gasteiger partial charge on any atom is 0.246 e. The van der Waals surface area contributed by atoms with E-state index in [-0.39, 0.29) is 24.8 Å². The van der Waals surface area contributed by atoms with Crippen molar-refractivity contribution < 1.29 is 15.0 Å². The van der Waals surface area contributed by atoms with Gasteiger partial charge in [0.1, 0.15) is 5.75 Å². The first-order valence-corrected chi connectivity index (χ1v) is 5.17. The largest absolute Gasteiger partial charge is 0.507 e. The molecule has 0 bridgehead atoms. The fraction of sp³-hybridized carbons (Fsp3) is 0.250. The molecule has 92 valence electrons. The Labute approximate surface area is 99.8 Å². The van der Waals surface area contributed by atoms with Gasteiger partial charge in [-0.2, -0.15) is 0 Å². The Morgan fingerprint density at radius 2 is 2.24 bits per heavy atom. The number of benzene rings is 1. The van der Waals surface area contributed by atoms with Crippen LogP contribution in [-0.2, 0) is 4.79 Å². The fourth-order valence-electron chi connectivity index (χ4n) is 1.25. The zero-order valence-corrected chi connectivity index (χ0v) is 9.63. The standard InChI is InChI=1S/C12H16N2O3/c1-14(6-7-15)12(17)5-2-9-8-10(13)3-4-11(9)16/h2-5,8,15-16H,6-7,13H2,1H3. The highest BCUT2D eigenvalue weighted by atomic mass is 16.3. The van der Waals surface area contributed by atoms with E-state index in [1.54, 1.807) is 19.2 Å². The van der Waals surface area contributed by atoms with Crippen molar-refractivity contribution >= 4 is 17.7 Å². The minimum Gasteiger partial charge on any atom is -0.507 e. The molecule has 4 N–H and O–H groups in total. The molecular weight excluding hydrogens is 220 g/mol. The lowest BCUT2D eigenvalue weighted by molar-refractivity contribution is -0.125. The molecular formula is C12H16N2O3. The third-order valence-corrected chi connectivity index (χ3v) is 2.27. The average Bonchev–Trinajstić information content (AvgIpc) is 2.30. The van der Waals surface area contributed by atoms with Crippen LogP contribution in [0.15, 0.2) is 24.3 Å². The molecule has 0 aliphatic rings. The van der Waals surface area contributed by atoms with Crippen LogP contribution in [0.3, 0.4) is 0 Å². The van der Waals surface area contributed by atoms with Gasteiger partial charge in [0.2, 0.25) is 5.91 Å². The number of aliphatic hydroxyl groups excluding tert-OH is 1. The molecule has 0 radical (unpaired) electrons. The first kappa shape index (κ1) is 13.1. The quantitative estimate of drug-likeness (QED) is 0.402. The number of rotatable bonds is 4. The molecule has 0 atom stereocenters. The third-order valence-electron chi connectivity index (χ3n) is 2.27. The second-order valence-electron chi connectivity index (χ2n) is 3.63. The van der Waals surface area contributed by atoms with Crippen LogP contribution in [0.4, 0.5) is 5.69 Å². The molecule has 0 spiro atoms. The van der Waals surface area contributed by atoms with Crippen LogP contribution in [0.1, 0.15) is 5.56 Å². The number of anilines is 1. The van der Waals surface area contributed by atoms with Gasteiger partial charge >= 0.3 is 0 Å². The van der Waals surface area contributed by atoms with Crippen molar-refractivity contribution in [2.45, 2.75) is 0 Å². The van der Waals surface area contributed by atoms with Crippen LogP contribution < -0.4 is 5.73 Å². The number of amides is 1. The Kier molecular flexibility index (Phi) is 4.54. The number of hydrogen-bond donors (Lipinski definition) is 3. The number of phenolic OH excluding ortho intramolecular Hbond substituents is 1. The predicted molar refractivity (Wildman–Crippen MR) is 66.3 cm³/mol. The molecule has 5 nitrogen and oxygen atoms in total. The molecule has 17 heavy (non-hydrogen) atoms. The van der Waals surface area contributed by atoms with Gasteiger partial charge in [-0.05, 0) is 24.3 Å². The van der Waals surface area contributed by atoms with E-state index in [1.807, 2.05) is 0 Å². The Morgan fingerprint density at radius 3 is 2.88 bits per heavy atom. The number of phenols is 1. The lowest BCUT2D eigenvalue weighted by Gasteiger charge is -2.12. The molecule has 1 rings (SSSR count). The number of hydrogen-bond acceptors (Lipinski definition) is 4. The van der Waals surface area contributed by atoms with E-state index < -0.39 is 0 Å². The SMILES string of the molecule is CN(CCO)C(=O)C=Cc1cc(N)ccc1O. The lowest BCUT2D eigenvalue weighted by Crippen LogP contribution is -2.27. The predicted octanol–water partition coefficient (Wildman–Crippen LogP) is 0.438. The fourth-order valence-corrected chi connectivity index (χ4v) is 1.25. The second-order valence-corrected chi connectivity index (χ2v) is 3.63. The maximum atomic E-state index is 11.5. The minimum atomic E-state index is -0.249. The Morgan fingerprint density at radius 1 is 1.53 bits per heavy atom. The smallest absolute Gasteiger partial charge is 0.246 e. The van der Waals surface area contributed by atoms with Gasteiger partial charge in [-0.3, -0.25) is 4.79 Å². The summed E-state index contributed by atoms with van der Waals surface area (Å²) in [4.78, 5) is 12.9. The van der Waals surface area contributed by atoms with Crippen molar-refractivity contribution in [3.8, 4) is 5.75 Å². The molecule has 0 unspecified atom stereocenters. The van der Waals surface area contributed by atoms with Gasteiger partial charge in [0, 0.05) is 30.9 Å².